The highest BCUT2D eigenvalue weighted by atomic mass is 16.6. The molecule has 0 aromatic heterocycles. The largest absolute Gasteiger partial charge is 0.463 e. The molecule has 1 aliphatic carbocycles. The van der Waals surface area contributed by atoms with Crippen LogP contribution in [-0.4, -0.2) is 64.6 Å². The summed E-state index contributed by atoms with van der Waals surface area (Å²) in [7, 11) is 0. The van der Waals surface area contributed by atoms with Crippen molar-refractivity contribution >= 4 is 17.7 Å². The third-order valence-electron chi connectivity index (χ3n) is 9.74. The molecule has 0 unspecified atom stereocenters. The molecule has 50 heavy (non-hydrogen) atoms. The van der Waals surface area contributed by atoms with Crippen molar-refractivity contribution in [2.45, 2.75) is 193 Å². The molecule has 0 saturated heterocycles. The van der Waals surface area contributed by atoms with Crippen molar-refractivity contribution in [1.82, 2.24) is 0 Å². The van der Waals surface area contributed by atoms with Crippen molar-refractivity contribution in [2.75, 3.05) is 13.2 Å². The first-order valence-electron chi connectivity index (χ1n) is 20.3. The number of rotatable bonds is 32. The van der Waals surface area contributed by atoms with Crippen LogP contribution in [0.25, 0.3) is 0 Å². The van der Waals surface area contributed by atoms with Gasteiger partial charge in [-0.05, 0) is 38.0 Å². The van der Waals surface area contributed by atoms with Crippen molar-refractivity contribution in [3.63, 3.8) is 0 Å². The zero-order valence-corrected chi connectivity index (χ0v) is 32.0. The normalized spacial score (nSPS) is 19.2. The number of unbranched alkanes of at least 4 members (excludes halogenated alkanes) is 15. The van der Waals surface area contributed by atoms with Crippen LogP contribution >= 0.6 is 0 Å². The fourth-order valence-electron chi connectivity index (χ4n) is 6.55. The van der Waals surface area contributed by atoms with E-state index in [4.69, 9.17) is 9.47 Å². The Hall–Kier alpha value is -2.03. The minimum absolute atomic E-state index is 0.00247. The summed E-state index contributed by atoms with van der Waals surface area (Å²) in [5.41, 5.74) is 0. The van der Waals surface area contributed by atoms with Crippen LogP contribution < -0.4 is 0 Å². The Morgan fingerprint density at radius 2 is 1.26 bits per heavy atom. The van der Waals surface area contributed by atoms with Gasteiger partial charge in [-0.25, -0.2) is 0 Å². The lowest BCUT2D eigenvalue weighted by Crippen LogP contribution is -2.25. The zero-order chi connectivity index (χ0) is 36.8. The molecule has 0 amide bonds. The first-order chi connectivity index (χ1) is 24.1. The predicted octanol–water partition coefficient (Wildman–Crippen LogP) is 9.12. The molecule has 0 aromatic rings. The number of ketones is 1. The molecule has 1 saturated carbocycles. The predicted molar refractivity (Wildman–Crippen MR) is 202 cm³/mol. The first kappa shape index (κ1) is 46.0. The van der Waals surface area contributed by atoms with E-state index in [0.717, 1.165) is 44.4 Å². The second-order valence-electron chi connectivity index (χ2n) is 15.0. The van der Waals surface area contributed by atoms with E-state index in [1.807, 2.05) is 12.2 Å². The Bertz CT molecular complexity index is 929. The van der Waals surface area contributed by atoms with E-state index in [1.165, 1.54) is 70.6 Å². The number of hydrogen-bond donors (Lipinski definition) is 3. The summed E-state index contributed by atoms with van der Waals surface area (Å²) in [4.78, 5) is 36.5. The second kappa shape index (κ2) is 30.6. The van der Waals surface area contributed by atoms with Gasteiger partial charge in [0.1, 0.15) is 25.1 Å². The van der Waals surface area contributed by atoms with Gasteiger partial charge in [-0.15, -0.1) is 0 Å². The van der Waals surface area contributed by atoms with Crippen LogP contribution in [-0.2, 0) is 23.9 Å². The van der Waals surface area contributed by atoms with Crippen molar-refractivity contribution in [3.8, 4) is 0 Å². The average molecular weight is 707 g/mol. The Morgan fingerprint density at radius 1 is 0.740 bits per heavy atom. The highest BCUT2D eigenvalue weighted by Crippen LogP contribution is 2.33. The number of aliphatic hydroxyl groups is 3. The van der Waals surface area contributed by atoms with Crippen LogP contribution in [0.4, 0.5) is 0 Å². The van der Waals surface area contributed by atoms with Crippen molar-refractivity contribution in [1.29, 1.82) is 0 Å². The lowest BCUT2D eigenvalue weighted by Gasteiger charge is -2.17. The van der Waals surface area contributed by atoms with Gasteiger partial charge in [0.2, 0.25) is 0 Å². The molecule has 5 atom stereocenters. The molecule has 290 valence electrons. The lowest BCUT2D eigenvalue weighted by molar-refractivity contribution is -0.152. The van der Waals surface area contributed by atoms with Gasteiger partial charge < -0.3 is 24.8 Å². The first-order valence-corrected chi connectivity index (χ1v) is 20.3. The number of Topliss-reactive ketones (excluding diaryl/α,β-unsaturated/α-hetero) is 1. The molecule has 0 bridgehead atoms. The van der Waals surface area contributed by atoms with Crippen molar-refractivity contribution < 1.29 is 39.2 Å². The molecule has 0 heterocycles. The number of esters is 2. The third kappa shape index (κ3) is 25.0. The molecule has 0 radical (unpaired) electrons. The van der Waals surface area contributed by atoms with Gasteiger partial charge in [-0.1, -0.05) is 148 Å². The molecule has 8 nitrogen and oxygen atoms in total. The molecule has 3 N–H and O–H groups in total. The number of ether oxygens (including phenoxy) is 2. The topological polar surface area (TPSA) is 130 Å². The van der Waals surface area contributed by atoms with Crippen LogP contribution in [0.3, 0.4) is 0 Å². The van der Waals surface area contributed by atoms with Crippen LogP contribution in [0.1, 0.15) is 175 Å². The number of hydrogen-bond acceptors (Lipinski definition) is 8. The van der Waals surface area contributed by atoms with Gasteiger partial charge in [-0.2, -0.15) is 0 Å². The number of aliphatic hydroxyl groups excluding tert-OH is 3. The summed E-state index contributed by atoms with van der Waals surface area (Å²) in [5.74, 6) is -0.526. The smallest absolute Gasteiger partial charge is 0.305 e. The van der Waals surface area contributed by atoms with E-state index >= 15 is 0 Å². The van der Waals surface area contributed by atoms with Gasteiger partial charge >= 0.3 is 11.9 Å². The number of allylic oxidation sites excluding steroid dienone is 3. The summed E-state index contributed by atoms with van der Waals surface area (Å²) in [6, 6.07) is 0. The molecule has 8 heteroatoms. The molecule has 1 fully saturated rings. The quantitative estimate of drug-likeness (QED) is 0.0359. The highest BCUT2D eigenvalue weighted by molar-refractivity contribution is 5.86. The molecule has 1 aliphatic rings. The number of carbonyl (C=O) groups is 3. The Labute approximate surface area is 304 Å². The third-order valence-corrected chi connectivity index (χ3v) is 9.74. The standard InChI is InChI=1S/C42H74O8/c1-4-5-19-25-35(43)29-30-38-37(39(45)31-40(38)46)26-21-17-18-23-28-42(48)50-33-36(44)32-49-41(47)27-22-16-14-12-10-8-6-7-9-11-13-15-20-24-34(2)3/h17,21,29-30,34-39,43-45H,4-16,18-20,22-28,31-33H2,1-3H3/b21-17-,30-29+/t35-,36-,37+,38+,39-/m0/s1. The summed E-state index contributed by atoms with van der Waals surface area (Å²) in [5, 5.41) is 30.6. The monoisotopic (exact) mass is 707 g/mol. The van der Waals surface area contributed by atoms with E-state index in [2.05, 4.69) is 20.8 Å². The highest BCUT2D eigenvalue weighted by Gasteiger charge is 2.39. The second-order valence-corrected chi connectivity index (χ2v) is 15.0. The van der Waals surface area contributed by atoms with Crippen LogP contribution in [0.2, 0.25) is 0 Å². The van der Waals surface area contributed by atoms with E-state index < -0.39 is 30.2 Å². The molecule has 0 aliphatic heterocycles. The lowest BCUT2D eigenvalue weighted by atomic mass is 9.90. The summed E-state index contributed by atoms with van der Waals surface area (Å²) < 4.78 is 10.3. The summed E-state index contributed by atoms with van der Waals surface area (Å²) >= 11 is 0. The van der Waals surface area contributed by atoms with Crippen molar-refractivity contribution in [2.24, 2.45) is 17.8 Å². The van der Waals surface area contributed by atoms with E-state index in [0.29, 0.717) is 32.1 Å². The van der Waals surface area contributed by atoms with E-state index in [1.54, 1.807) is 12.2 Å². The van der Waals surface area contributed by atoms with Gasteiger partial charge in [0.05, 0.1) is 12.2 Å². The fourth-order valence-corrected chi connectivity index (χ4v) is 6.55. The Morgan fingerprint density at radius 3 is 1.82 bits per heavy atom. The number of carbonyl (C=O) groups excluding carboxylic acids is 3. The maximum Gasteiger partial charge on any atom is 0.305 e. The van der Waals surface area contributed by atoms with Gasteiger partial charge in [-0.3, -0.25) is 14.4 Å². The minimum Gasteiger partial charge on any atom is -0.463 e. The van der Waals surface area contributed by atoms with Gasteiger partial charge in [0.25, 0.3) is 0 Å². The van der Waals surface area contributed by atoms with E-state index in [-0.39, 0.29) is 43.7 Å². The minimum atomic E-state index is -1.05. The Kier molecular flexibility index (Phi) is 28.1. The zero-order valence-electron chi connectivity index (χ0n) is 32.0. The SMILES string of the molecule is CCCCC[C@H](O)/C=C/[C@H]1C(=O)C[C@H](O)[C@@H]1C/C=C\CCCC(=O)OC[C@@H](O)COC(=O)CCCCCCCCCCCCCCCC(C)C. The van der Waals surface area contributed by atoms with E-state index in [9.17, 15) is 29.7 Å². The molecular formula is C42H74O8. The fraction of sp³-hybridized carbons (Fsp3) is 0.833. The van der Waals surface area contributed by atoms with Crippen LogP contribution in [0, 0.1) is 17.8 Å². The molecule has 1 rings (SSSR count). The van der Waals surface area contributed by atoms with Crippen molar-refractivity contribution in [3.05, 3.63) is 24.3 Å². The maximum atomic E-state index is 12.4. The Balaban J connectivity index is 2.03. The van der Waals surface area contributed by atoms with Crippen LogP contribution in [0.5, 0.6) is 0 Å². The molecule has 0 spiro atoms. The summed E-state index contributed by atoms with van der Waals surface area (Å²) in [6.07, 6.45) is 28.8. The average Bonchev–Trinajstić information content (AvgIpc) is 3.35. The van der Waals surface area contributed by atoms with Gasteiger partial charge in [0, 0.05) is 31.1 Å². The van der Waals surface area contributed by atoms with Gasteiger partial charge in [0.15, 0.2) is 0 Å². The summed E-state index contributed by atoms with van der Waals surface area (Å²) in [6.45, 7) is 6.32. The molecule has 0 aromatic carbocycles. The molecular weight excluding hydrogens is 632 g/mol. The maximum absolute atomic E-state index is 12.4. The van der Waals surface area contributed by atoms with Crippen LogP contribution in [0.15, 0.2) is 24.3 Å².